The van der Waals surface area contributed by atoms with Crippen LogP contribution in [0.25, 0.3) is 0 Å². The standard InChI is InChI=1S/C16H19FN2O2/c1-19(2)10-9-14(12-5-7-13(17)8-6-12)18-16(20)15-4-3-11-21-15/h3-8,11,14H,9-10H2,1-2H3,(H,18,20). The highest BCUT2D eigenvalue weighted by Gasteiger charge is 2.17. The van der Waals surface area contributed by atoms with E-state index in [-0.39, 0.29) is 23.5 Å². The summed E-state index contributed by atoms with van der Waals surface area (Å²) in [6, 6.07) is 9.28. The van der Waals surface area contributed by atoms with E-state index in [0.29, 0.717) is 0 Å². The van der Waals surface area contributed by atoms with E-state index in [1.165, 1.54) is 18.4 Å². The SMILES string of the molecule is CN(C)CCC(NC(=O)c1ccco1)c1ccc(F)cc1. The van der Waals surface area contributed by atoms with Crippen LogP contribution in [-0.4, -0.2) is 31.4 Å². The number of carbonyl (C=O) groups excluding carboxylic acids is 1. The molecule has 0 aliphatic carbocycles. The second-order valence-corrected chi connectivity index (χ2v) is 5.15. The smallest absolute Gasteiger partial charge is 0.287 e. The molecule has 1 atom stereocenters. The molecule has 0 saturated heterocycles. The summed E-state index contributed by atoms with van der Waals surface area (Å²) in [7, 11) is 3.94. The maximum absolute atomic E-state index is 13.0. The second kappa shape index (κ2) is 7.04. The summed E-state index contributed by atoms with van der Waals surface area (Å²) < 4.78 is 18.1. The molecule has 1 unspecified atom stereocenters. The molecular formula is C16H19FN2O2. The molecule has 112 valence electrons. The molecule has 1 amide bonds. The maximum atomic E-state index is 13.0. The number of nitrogens with one attached hydrogen (secondary N) is 1. The van der Waals surface area contributed by atoms with Gasteiger partial charge in [-0.25, -0.2) is 4.39 Å². The van der Waals surface area contributed by atoms with Crippen molar-refractivity contribution in [1.82, 2.24) is 10.2 Å². The van der Waals surface area contributed by atoms with Crippen LogP contribution in [0.5, 0.6) is 0 Å². The van der Waals surface area contributed by atoms with Gasteiger partial charge >= 0.3 is 0 Å². The van der Waals surface area contributed by atoms with Crippen LogP contribution < -0.4 is 5.32 Å². The third-order valence-corrected chi connectivity index (χ3v) is 3.19. The highest BCUT2D eigenvalue weighted by atomic mass is 19.1. The topological polar surface area (TPSA) is 45.5 Å². The van der Waals surface area contributed by atoms with E-state index in [2.05, 4.69) is 5.32 Å². The van der Waals surface area contributed by atoms with Gasteiger partial charge in [-0.15, -0.1) is 0 Å². The molecule has 1 aromatic carbocycles. The fourth-order valence-corrected chi connectivity index (χ4v) is 2.04. The first-order chi connectivity index (χ1) is 10.1. The Bertz CT molecular complexity index is 564. The molecule has 1 heterocycles. The van der Waals surface area contributed by atoms with E-state index in [1.54, 1.807) is 24.3 Å². The van der Waals surface area contributed by atoms with Crippen molar-refractivity contribution in [1.29, 1.82) is 0 Å². The summed E-state index contributed by atoms with van der Waals surface area (Å²) in [6.45, 7) is 0.806. The van der Waals surface area contributed by atoms with Crippen LogP contribution in [0.3, 0.4) is 0 Å². The number of rotatable bonds is 6. The highest BCUT2D eigenvalue weighted by Crippen LogP contribution is 2.18. The predicted molar refractivity (Wildman–Crippen MR) is 78.5 cm³/mol. The number of benzene rings is 1. The normalized spacial score (nSPS) is 12.4. The minimum Gasteiger partial charge on any atom is -0.459 e. The van der Waals surface area contributed by atoms with Crippen molar-refractivity contribution in [2.75, 3.05) is 20.6 Å². The van der Waals surface area contributed by atoms with Gasteiger partial charge in [0.1, 0.15) is 5.82 Å². The summed E-state index contributed by atoms with van der Waals surface area (Å²) >= 11 is 0. The number of carbonyl (C=O) groups is 1. The average molecular weight is 290 g/mol. The second-order valence-electron chi connectivity index (χ2n) is 5.15. The van der Waals surface area contributed by atoms with E-state index < -0.39 is 0 Å². The average Bonchev–Trinajstić information content (AvgIpc) is 2.98. The number of halogens is 1. The fourth-order valence-electron chi connectivity index (χ4n) is 2.04. The monoisotopic (exact) mass is 290 g/mol. The van der Waals surface area contributed by atoms with E-state index in [9.17, 15) is 9.18 Å². The first-order valence-electron chi connectivity index (χ1n) is 6.81. The number of furan rings is 1. The molecular weight excluding hydrogens is 271 g/mol. The summed E-state index contributed by atoms with van der Waals surface area (Å²) in [5.74, 6) is -0.289. The van der Waals surface area contributed by atoms with Crippen molar-refractivity contribution in [3.63, 3.8) is 0 Å². The predicted octanol–water partition coefficient (Wildman–Crippen LogP) is 2.84. The zero-order valence-corrected chi connectivity index (χ0v) is 12.2. The lowest BCUT2D eigenvalue weighted by atomic mass is 10.0. The zero-order valence-electron chi connectivity index (χ0n) is 12.2. The third kappa shape index (κ3) is 4.43. The molecule has 0 radical (unpaired) electrons. The van der Waals surface area contributed by atoms with E-state index in [1.807, 2.05) is 19.0 Å². The summed E-state index contributed by atoms with van der Waals surface area (Å²) in [5, 5.41) is 2.93. The number of amides is 1. The van der Waals surface area contributed by atoms with Gasteiger partial charge in [0.25, 0.3) is 5.91 Å². The molecule has 1 aromatic heterocycles. The molecule has 0 bridgehead atoms. The van der Waals surface area contributed by atoms with E-state index in [4.69, 9.17) is 4.42 Å². The summed E-state index contributed by atoms with van der Waals surface area (Å²) in [6.07, 6.45) is 2.19. The summed E-state index contributed by atoms with van der Waals surface area (Å²) in [5.41, 5.74) is 0.873. The lowest BCUT2D eigenvalue weighted by molar-refractivity contribution is 0.0904. The van der Waals surface area contributed by atoms with Crippen molar-refractivity contribution in [2.24, 2.45) is 0 Å². The molecule has 1 N–H and O–H groups in total. The van der Waals surface area contributed by atoms with Crippen molar-refractivity contribution < 1.29 is 13.6 Å². The molecule has 4 nitrogen and oxygen atoms in total. The van der Waals surface area contributed by atoms with Gasteiger partial charge in [0.15, 0.2) is 5.76 Å². The Hall–Kier alpha value is -2.14. The molecule has 0 saturated carbocycles. The van der Waals surface area contributed by atoms with Gasteiger partial charge in [-0.1, -0.05) is 12.1 Å². The lowest BCUT2D eigenvalue weighted by Crippen LogP contribution is -2.30. The largest absolute Gasteiger partial charge is 0.459 e. The van der Waals surface area contributed by atoms with Crippen molar-refractivity contribution in [3.05, 3.63) is 59.8 Å². The molecule has 21 heavy (non-hydrogen) atoms. The van der Waals surface area contributed by atoms with Crippen molar-refractivity contribution >= 4 is 5.91 Å². The molecule has 0 fully saturated rings. The Morgan fingerprint density at radius 2 is 2.00 bits per heavy atom. The first-order valence-corrected chi connectivity index (χ1v) is 6.81. The van der Waals surface area contributed by atoms with Crippen LogP contribution in [0, 0.1) is 5.82 Å². The van der Waals surface area contributed by atoms with Gasteiger partial charge < -0.3 is 14.6 Å². The highest BCUT2D eigenvalue weighted by molar-refractivity contribution is 5.91. The van der Waals surface area contributed by atoms with Crippen LogP contribution in [-0.2, 0) is 0 Å². The third-order valence-electron chi connectivity index (χ3n) is 3.19. The molecule has 2 aromatic rings. The maximum Gasteiger partial charge on any atom is 0.287 e. The van der Waals surface area contributed by atoms with Crippen molar-refractivity contribution in [3.8, 4) is 0 Å². The van der Waals surface area contributed by atoms with Crippen LogP contribution in [0.4, 0.5) is 4.39 Å². The number of hydrogen-bond acceptors (Lipinski definition) is 3. The van der Waals surface area contributed by atoms with Crippen molar-refractivity contribution in [2.45, 2.75) is 12.5 Å². The Balaban J connectivity index is 2.11. The van der Waals surface area contributed by atoms with Gasteiger partial charge in [0.05, 0.1) is 12.3 Å². The van der Waals surface area contributed by atoms with Crippen LogP contribution in [0.15, 0.2) is 47.1 Å². The minimum absolute atomic E-state index is 0.189. The molecule has 0 aliphatic rings. The number of hydrogen-bond donors (Lipinski definition) is 1. The van der Waals surface area contributed by atoms with Gasteiger partial charge in [-0.3, -0.25) is 4.79 Å². The fraction of sp³-hybridized carbons (Fsp3) is 0.312. The van der Waals surface area contributed by atoms with Gasteiger partial charge in [-0.05, 0) is 56.9 Å². The molecule has 2 rings (SSSR count). The Morgan fingerprint density at radius 3 is 2.57 bits per heavy atom. The van der Waals surface area contributed by atoms with Gasteiger partial charge in [-0.2, -0.15) is 0 Å². The minimum atomic E-state index is -0.289. The van der Waals surface area contributed by atoms with E-state index in [0.717, 1.165) is 18.5 Å². The first kappa shape index (κ1) is 15.3. The summed E-state index contributed by atoms with van der Waals surface area (Å²) in [4.78, 5) is 14.1. The quantitative estimate of drug-likeness (QED) is 0.890. The van der Waals surface area contributed by atoms with Crippen LogP contribution in [0.2, 0.25) is 0 Å². The van der Waals surface area contributed by atoms with E-state index >= 15 is 0 Å². The lowest BCUT2D eigenvalue weighted by Gasteiger charge is -2.20. The Kier molecular flexibility index (Phi) is 5.11. The van der Waals surface area contributed by atoms with Crippen LogP contribution >= 0.6 is 0 Å². The molecule has 0 spiro atoms. The van der Waals surface area contributed by atoms with Gasteiger partial charge in [0, 0.05) is 0 Å². The Labute approximate surface area is 123 Å². The zero-order chi connectivity index (χ0) is 15.2. The Morgan fingerprint density at radius 1 is 1.29 bits per heavy atom. The molecule has 5 heteroatoms. The molecule has 0 aliphatic heterocycles. The van der Waals surface area contributed by atoms with Gasteiger partial charge in [0.2, 0.25) is 0 Å². The van der Waals surface area contributed by atoms with Crippen LogP contribution in [0.1, 0.15) is 28.6 Å². The number of nitrogens with zero attached hydrogens (tertiary/aromatic N) is 1.